The van der Waals surface area contributed by atoms with Gasteiger partial charge in [-0.05, 0) is 5.56 Å². The minimum Gasteiger partial charge on any atom is -0.456 e. The van der Waals surface area contributed by atoms with Crippen molar-refractivity contribution in [3.8, 4) is 0 Å². The second-order valence-electron chi connectivity index (χ2n) is 4.40. The van der Waals surface area contributed by atoms with Gasteiger partial charge in [0.1, 0.15) is 5.82 Å². The lowest BCUT2D eigenvalue weighted by atomic mass is 10.1. The van der Waals surface area contributed by atoms with E-state index in [9.17, 15) is 0 Å². The predicted molar refractivity (Wildman–Crippen MR) is 76.1 cm³/mol. The van der Waals surface area contributed by atoms with E-state index in [1.165, 1.54) is 6.26 Å². The van der Waals surface area contributed by atoms with Gasteiger partial charge in [-0.3, -0.25) is 5.10 Å². The van der Waals surface area contributed by atoms with Crippen molar-refractivity contribution in [3.05, 3.63) is 48.0 Å². The lowest BCUT2D eigenvalue weighted by Gasteiger charge is -2.09. The Hall–Kier alpha value is -3.03. The second-order valence-corrected chi connectivity index (χ2v) is 4.40. The van der Waals surface area contributed by atoms with Crippen molar-refractivity contribution < 1.29 is 9.47 Å². The summed E-state index contributed by atoms with van der Waals surface area (Å²) in [6.45, 7) is 0. The number of anilines is 2. The van der Waals surface area contributed by atoms with Crippen molar-refractivity contribution in [2.75, 3.05) is 11.5 Å². The van der Waals surface area contributed by atoms with Crippen molar-refractivity contribution in [3.63, 3.8) is 0 Å². The third-order valence-electron chi connectivity index (χ3n) is 2.86. The van der Waals surface area contributed by atoms with Gasteiger partial charge in [0.2, 0.25) is 6.29 Å². The fraction of sp³-hybridized carbons (Fsp3) is 0.154. The normalized spacial score (nSPS) is 17.5. The summed E-state index contributed by atoms with van der Waals surface area (Å²) in [7, 11) is 0. The fourth-order valence-electron chi connectivity index (χ4n) is 1.84. The van der Waals surface area contributed by atoms with Gasteiger partial charge in [0.15, 0.2) is 17.8 Å². The monoisotopic (exact) mass is 286 g/mol. The molecule has 0 fully saturated rings. The first-order valence-corrected chi connectivity index (χ1v) is 6.29. The summed E-state index contributed by atoms with van der Waals surface area (Å²) in [4.78, 5) is 0. The molecular weight excluding hydrogens is 272 g/mol. The van der Waals surface area contributed by atoms with E-state index in [-0.39, 0.29) is 23.2 Å². The predicted octanol–water partition coefficient (Wildman–Crippen LogP) is 2.07. The Kier molecular flexibility index (Phi) is 3.42. The summed E-state index contributed by atoms with van der Waals surface area (Å²) in [5.41, 5.74) is 12.6. The number of aromatic nitrogens is 2. The number of nitrogens with two attached hydrogens (primary N) is 2. The molecule has 1 aromatic heterocycles. The summed E-state index contributed by atoms with van der Waals surface area (Å²) >= 11 is 0. The number of H-pyrrole nitrogens is 1. The van der Waals surface area contributed by atoms with E-state index in [4.69, 9.17) is 20.9 Å². The minimum absolute atomic E-state index is 0.177. The number of hydrogen-bond donors (Lipinski definition) is 3. The molecule has 1 aromatic carbocycles. The number of hydrogen-bond acceptors (Lipinski definition) is 7. The van der Waals surface area contributed by atoms with E-state index in [1.54, 1.807) is 0 Å². The number of azo groups is 1. The first-order valence-electron chi connectivity index (χ1n) is 6.29. The molecule has 0 saturated heterocycles. The zero-order valence-corrected chi connectivity index (χ0v) is 11.1. The molecule has 21 heavy (non-hydrogen) atoms. The van der Waals surface area contributed by atoms with Crippen molar-refractivity contribution in [1.82, 2.24) is 10.2 Å². The Labute approximate surface area is 120 Å². The van der Waals surface area contributed by atoms with Gasteiger partial charge in [-0.1, -0.05) is 30.3 Å². The quantitative estimate of drug-likeness (QED) is 0.742. The first kappa shape index (κ1) is 13.0. The molecule has 1 aliphatic heterocycles. The van der Waals surface area contributed by atoms with Crippen LogP contribution >= 0.6 is 0 Å². The SMILES string of the molecule is Nc1n[nH]c(N)c1N=NC1=COC(Cc2ccccc2)O1. The molecule has 2 heterocycles. The molecule has 5 N–H and O–H groups in total. The molecule has 0 amide bonds. The molecule has 0 bridgehead atoms. The highest BCUT2D eigenvalue weighted by Crippen LogP contribution is 2.28. The van der Waals surface area contributed by atoms with Crippen molar-refractivity contribution >= 4 is 17.3 Å². The zero-order chi connectivity index (χ0) is 14.7. The minimum atomic E-state index is -0.416. The summed E-state index contributed by atoms with van der Waals surface area (Å²) < 4.78 is 10.9. The van der Waals surface area contributed by atoms with E-state index in [1.807, 2.05) is 30.3 Å². The van der Waals surface area contributed by atoms with Gasteiger partial charge in [0.05, 0.1) is 0 Å². The van der Waals surface area contributed by atoms with Gasteiger partial charge in [0.25, 0.3) is 5.88 Å². The van der Waals surface area contributed by atoms with Crippen LogP contribution in [0.1, 0.15) is 5.56 Å². The van der Waals surface area contributed by atoms with Crippen LogP contribution in [0.4, 0.5) is 17.3 Å². The van der Waals surface area contributed by atoms with Crippen LogP contribution in [-0.4, -0.2) is 16.5 Å². The van der Waals surface area contributed by atoms with E-state index in [0.717, 1.165) is 5.56 Å². The Morgan fingerprint density at radius 3 is 2.71 bits per heavy atom. The molecule has 108 valence electrons. The highest BCUT2D eigenvalue weighted by molar-refractivity contribution is 5.70. The molecule has 2 aromatic rings. The van der Waals surface area contributed by atoms with Crippen LogP contribution in [0.5, 0.6) is 0 Å². The maximum Gasteiger partial charge on any atom is 0.271 e. The first-order chi connectivity index (χ1) is 10.2. The van der Waals surface area contributed by atoms with Gasteiger partial charge >= 0.3 is 0 Å². The van der Waals surface area contributed by atoms with Crippen molar-refractivity contribution in [2.45, 2.75) is 12.7 Å². The third-order valence-corrected chi connectivity index (χ3v) is 2.86. The molecule has 8 heteroatoms. The van der Waals surface area contributed by atoms with Crippen LogP contribution in [-0.2, 0) is 15.9 Å². The van der Waals surface area contributed by atoms with E-state index in [0.29, 0.717) is 6.42 Å². The van der Waals surface area contributed by atoms with E-state index >= 15 is 0 Å². The third kappa shape index (κ3) is 2.94. The van der Waals surface area contributed by atoms with E-state index in [2.05, 4.69) is 20.4 Å². The maximum absolute atomic E-state index is 5.61. The largest absolute Gasteiger partial charge is 0.456 e. The summed E-state index contributed by atoms with van der Waals surface area (Å²) in [6.07, 6.45) is 1.61. The van der Waals surface area contributed by atoms with Crippen molar-refractivity contribution in [2.24, 2.45) is 10.2 Å². The topological polar surface area (TPSA) is 124 Å². The molecule has 3 rings (SSSR count). The van der Waals surface area contributed by atoms with E-state index < -0.39 is 6.29 Å². The van der Waals surface area contributed by atoms with Gasteiger partial charge in [-0.2, -0.15) is 5.10 Å². The van der Waals surface area contributed by atoms with Gasteiger partial charge in [0, 0.05) is 6.42 Å². The van der Waals surface area contributed by atoms with Crippen LogP contribution in [0, 0.1) is 0 Å². The summed E-state index contributed by atoms with van der Waals surface area (Å²) in [6, 6.07) is 9.88. The van der Waals surface area contributed by atoms with Gasteiger partial charge < -0.3 is 20.9 Å². The number of benzene rings is 1. The van der Waals surface area contributed by atoms with Crippen LogP contribution in [0.3, 0.4) is 0 Å². The van der Waals surface area contributed by atoms with Crippen LogP contribution in [0.15, 0.2) is 52.7 Å². The molecule has 1 aliphatic rings. The molecule has 8 nitrogen and oxygen atoms in total. The summed E-state index contributed by atoms with van der Waals surface area (Å²) in [5.74, 6) is 0.684. The molecule has 0 spiro atoms. The average Bonchev–Trinajstić information content (AvgIpc) is 3.06. The zero-order valence-electron chi connectivity index (χ0n) is 11.1. The lowest BCUT2D eigenvalue weighted by molar-refractivity contribution is -0.0306. The highest BCUT2D eigenvalue weighted by atomic mass is 16.7. The van der Waals surface area contributed by atoms with Crippen LogP contribution in [0.2, 0.25) is 0 Å². The smallest absolute Gasteiger partial charge is 0.271 e. The number of aromatic amines is 1. The highest BCUT2D eigenvalue weighted by Gasteiger charge is 2.20. The number of rotatable bonds is 4. The van der Waals surface area contributed by atoms with Crippen LogP contribution in [0.25, 0.3) is 0 Å². The summed E-state index contributed by atoms with van der Waals surface area (Å²) in [5, 5.41) is 14.0. The second kappa shape index (κ2) is 5.53. The number of nitrogen functional groups attached to an aromatic ring is 2. The molecule has 0 radical (unpaired) electrons. The maximum atomic E-state index is 5.61. The Balaban J connectivity index is 1.60. The fourth-order valence-corrected chi connectivity index (χ4v) is 1.84. The molecule has 1 atom stereocenters. The van der Waals surface area contributed by atoms with Crippen LogP contribution < -0.4 is 11.5 Å². The lowest BCUT2D eigenvalue weighted by Crippen LogP contribution is -2.11. The average molecular weight is 286 g/mol. The molecule has 0 aliphatic carbocycles. The Morgan fingerprint density at radius 1 is 1.19 bits per heavy atom. The molecular formula is C13H14N6O2. The number of ether oxygens (including phenoxy) is 2. The van der Waals surface area contributed by atoms with Gasteiger partial charge in [-0.15, -0.1) is 10.2 Å². The van der Waals surface area contributed by atoms with Crippen molar-refractivity contribution in [1.29, 1.82) is 0 Å². The molecule has 1 unspecified atom stereocenters. The number of nitrogens with zero attached hydrogens (tertiary/aromatic N) is 3. The molecule has 0 saturated carbocycles. The van der Waals surface area contributed by atoms with Gasteiger partial charge in [-0.25, -0.2) is 0 Å². The number of nitrogens with one attached hydrogen (secondary N) is 1. The Bertz CT molecular complexity index is 660. The standard InChI is InChI=1S/C13H14N6O2/c14-12-11(13(15)19-18-12)17-16-9-7-20-10(21-9)6-8-4-2-1-3-5-8/h1-5,7,10H,6H2,(H5,14,15,18,19). The Morgan fingerprint density at radius 2 is 2.00 bits per heavy atom.